The Hall–Kier alpha value is -1.10. The standard InChI is InChI=1S/C17H31N3O2/c1-12-11-18-8-7-13(12)19-16(22)14-6-5-9-20(14)15(21)10-17(2,3)4/h12-14,18H,5-11H2,1-4H3,(H,19,22). The molecule has 0 spiro atoms. The molecule has 0 aromatic carbocycles. The minimum absolute atomic E-state index is 0.0374. The van der Waals surface area contributed by atoms with E-state index in [4.69, 9.17) is 0 Å². The van der Waals surface area contributed by atoms with Crippen molar-refractivity contribution < 1.29 is 9.59 Å². The van der Waals surface area contributed by atoms with Gasteiger partial charge in [0, 0.05) is 19.0 Å². The highest BCUT2D eigenvalue weighted by Gasteiger charge is 2.36. The van der Waals surface area contributed by atoms with Crippen LogP contribution in [0.1, 0.15) is 53.4 Å². The third-order valence-electron chi connectivity index (χ3n) is 4.67. The van der Waals surface area contributed by atoms with Crippen molar-refractivity contribution in [2.45, 2.75) is 65.5 Å². The number of piperidine rings is 1. The Morgan fingerprint density at radius 2 is 2.00 bits per heavy atom. The van der Waals surface area contributed by atoms with Crippen LogP contribution < -0.4 is 10.6 Å². The number of carbonyl (C=O) groups excluding carboxylic acids is 2. The van der Waals surface area contributed by atoms with Gasteiger partial charge in [-0.2, -0.15) is 0 Å². The van der Waals surface area contributed by atoms with E-state index in [9.17, 15) is 9.59 Å². The average molecular weight is 309 g/mol. The fraction of sp³-hybridized carbons (Fsp3) is 0.882. The van der Waals surface area contributed by atoms with Crippen molar-refractivity contribution in [3.8, 4) is 0 Å². The molecule has 2 fully saturated rings. The van der Waals surface area contributed by atoms with Crippen LogP contribution in [0, 0.1) is 11.3 Å². The van der Waals surface area contributed by atoms with E-state index in [1.807, 2.05) is 0 Å². The molecule has 0 radical (unpaired) electrons. The smallest absolute Gasteiger partial charge is 0.243 e. The first-order valence-corrected chi connectivity index (χ1v) is 8.58. The van der Waals surface area contributed by atoms with Crippen LogP contribution in [-0.2, 0) is 9.59 Å². The van der Waals surface area contributed by atoms with Gasteiger partial charge in [0.2, 0.25) is 11.8 Å². The van der Waals surface area contributed by atoms with E-state index < -0.39 is 0 Å². The zero-order chi connectivity index (χ0) is 16.3. The molecule has 2 saturated heterocycles. The molecule has 0 saturated carbocycles. The van der Waals surface area contributed by atoms with Gasteiger partial charge in [0.25, 0.3) is 0 Å². The van der Waals surface area contributed by atoms with Crippen LogP contribution in [0.3, 0.4) is 0 Å². The summed E-state index contributed by atoms with van der Waals surface area (Å²) in [5, 5.41) is 6.53. The molecule has 5 heteroatoms. The molecular formula is C17H31N3O2. The van der Waals surface area contributed by atoms with Gasteiger partial charge in [-0.1, -0.05) is 27.7 Å². The van der Waals surface area contributed by atoms with Gasteiger partial charge in [0.1, 0.15) is 6.04 Å². The summed E-state index contributed by atoms with van der Waals surface area (Å²) in [5.74, 6) is 0.597. The summed E-state index contributed by atoms with van der Waals surface area (Å²) in [7, 11) is 0. The number of hydrogen-bond acceptors (Lipinski definition) is 3. The normalized spacial score (nSPS) is 29.5. The second-order valence-corrected chi connectivity index (χ2v) is 8.07. The predicted octanol–water partition coefficient (Wildman–Crippen LogP) is 1.53. The highest BCUT2D eigenvalue weighted by molar-refractivity contribution is 5.88. The summed E-state index contributed by atoms with van der Waals surface area (Å²) in [5.41, 5.74) is -0.0374. The van der Waals surface area contributed by atoms with Crippen molar-refractivity contribution >= 4 is 11.8 Å². The van der Waals surface area contributed by atoms with E-state index in [2.05, 4.69) is 38.3 Å². The van der Waals surface area contributed by atoms with E-state index >= 15 is 0 Å². The van der Waals surface area contributed by atoms with Crippen LogP contribution in [0.2, 0.25) is 0 Å². The van der Waals surface area contributed by atoms with Crippen LogP contribution in [0.5, 0.6) is 0 Å². The topological polar surface area (TPSA) is 61.4 Å². The first-order valence-electron chi connectivity index (χ1n) is 8.58. The molecule has 3 unspecified atom stereocenters. The van der Waals surface area contributed by atoms with Crippen LogP contribution in [0.4, 0.5) is 0 Å². The number of nitrogens with zero attached hydrogens (tertiary/aromatic N) is 1. The summed E-state index contributed by atoms with van der Waals surface area (Å²) in [4.78, 5) is 26.9. The summed E-state index contributed by atoms with van der Waals surface area (Å²) >= 11 is 0. The van der Waals surface area contributed by atoms with Gasteiger partial charge < -0.3 is 15.5 Å². The van der Waals surface area contributed by atoms with Crippen LogP contribution in [0.25, 0.3) is 0 Å². The highest BCUT2D eigenvalue weighted by Crippen LogP contribution is 2.25. The first kappa shape index (κ1) is 17.3. The quantitative estimate of drug-likeness (QED) is 0.831. The predicted molar refractivity (Wildman–Crippen MR) is 87.4 cm³/mol. The maximum Gasteiger partial charge on any atom is 0.243 e. The van der Waals surface area contributed by atoms with Gasteiger partial charge in [-0.05, 0) is 43.7 Å². The number of hydrogen-bond donors (Lipinski definition) is 2. The number of carbonyl (C=O) groups is 2. The van der Waals surface area contributed by atoms with E-state index in [-0.39, 0.29) is 29.3 Å². The number of rotatable bonds is 3. The second-order valence-electron chi connectivity index (χ2n) is 8.07. The lowest BCUT2D eigenvalue weighted by molar-refractivity contribution is -0.140. The highest BCUT2D eigenvalue weighted by atomic mass is 16.2. The lowest BCUT2D eigenvalue weighted by Gasteiger charge is -2.33. The largest absolute Gasteiger partial charge is 0.351 e. The van der Waals surface area contributed by atoms with E-state index in [1.54, 1.807) is 4.90 Å². The number of amides is 2. The molecule has 22 heavy (non-hydrogen) atoms. The van der Waals surface area contributed by atoms with Gasteiger partial charge in [-0.15, -0.1) is 0 Å². The van der Waals surface area contributed by atoms with E-state index in [0.717, 1.165) is 38.9 Å². The molecule has 0 bridgehead atoms. The molecule has 0 aromatic rings. The van der Waals surface area contributed by atoms with Crippen molar-refractivity contribution in [2.24, 2.45) is 11.3 Å². The molecule has 2 heterocycles. The molecule has 2 rings (SSSR count). The SMILES string of the molecule is CC1CNCCC1NC(=O)C1CCCN1C(=O)CC(C)(C)C. The lowest BCUT2D eigenvalue weighted by Crippen LogP contribution is -2.54. The molecule has 2 N–H and O–H groups in total. The Kier molecular flexibility index (Phi) is 5.48. The maximum atomic E-state index is 12.6. The molecule has 126 valence electrons. The number of likely N-dealkylation sites (tertiary alicyclic amines) is 1. The van der Waals surface area contributed by atoms with Crippen LogP contribution in [0.15, 0.2) is 0 Å². The number of nitrogens with one attached hydrogen (secondary N) is 2. The molecule has 2 amide bonds. The third-order valence-corrected chi connectivity index (χ3v) is 4.67. The van der Waals surface area contributed by atoms with Gasteiger partial charge in [-0.3, -0.25) is 9.59 Å². The Bertz CT molecular complexity index is 417. The third kappa shape index (κ3) is 4.45. The van der Waals surface area contributed by atoms with Crippen molar-refractivity contribution in [3.05, 3.63) is 0 Å². The summed E-state index contributed by atoms with van der Waals surface area (Å²) in [6.45, 7) is 11.0. The van der Waals surface area contributed by atoms with Gasteiger partial charge >= 0.3 is 0 Å². The monoisotopic (exact) mass is 309 g/mol. The van der Waals surface area contributed by atoms with Gasteiger partial charge in [0.15, 0.2) is 0 Å². The molecule has 5 nitrogen and oxygen atoms in total. The Morgan fingerprint density at radius 1 is 1.27 bits per heavy atom. The molecule has 0 aromatic heterocycles. The molecule has 2 aliphatic heterocycles. The Balaban J connectivity index is 1.94. The summed E-state index contributed by atoms with van der Waals surface area (Å²) in [6, 6.07) is -0.0362. The van der Waals surface area contributed by atoms with E-state index in [1.165, 1.54) is 0 Å². The Labute approximate surface area is 134 Å². The average Bonchev–Trinajstić information content (AvgIpc) is 2.89. The van der Waals surface area contributed by atoms with Crippen molar-refractivity contribution in [1.82, 2.24) is 15.5 Å². The summed E-state index contributed by atoms with van der Waals surface area (Å²) in [6.07, 6.45) is 3.19. The lowest BCUT2D eigenvalue weighted by atomic mass is 9.91. The second kappa shape index (κ2) is 6.99. The summed E-state index contributed by atoms with van der Waals surface area (Å²) < 4.78 is 0. The molecule has 3 atom stereocenters. The molecule has 0 aliphatic carbocycles. The van der Waals surface area contributed by atoms with Crippen LogP contribution >= 0.6 is 0 Å². The fourth-order valence-corrected chi connectivity index (χ4v) is 3.40. The first-order chi connectivity index (χ1) is 10.3. The van der Waals surface area contributed by atoms with Gasteiger partial charge in [-0.25, -0.2) is 0 Å². The zero-order valence-corrected chi connectivity index (χ0v) is 14.4. The van der Waals surface area contributed by atoms with Crippen molar-refractivity contribution in [2.75, 3.05) is 19.6 Å². The van der Waals surface area contributed by atoms with E-state index in [0.29, 0.717) is 12.3 Å². The Morgan fingerprint density at radius 3 is 2.64 bits per heavy atom. The van der Waals surface area contributed by atoms with Gasteiger partial charge in [0.05, 0.1) is 0 Å². The molecular weight excluding hydrogens is 278 g/mol. The molecule has 2 aliphatic rings. The fourth-order valence-electron chi connectivity index (χ4n) is 3.40. The zero-order valence-electron chi connectivity index (χ0n) is 14.4. The van der Waals surface area contributed by atoms with Crippen molar-refractivity contribution in [3.63, 3.8) is 0 Å². The minimum Gasteiger partial charge on any atom is -0.351 e. The van der Waals surface area contributed by atoms with Crippen LogP contribution in [-0.4, -0.2) is 48.4 Å². The van der Waals surface area contributed by atoms with Crippen molar-refractivity contribution in [1.29, 1.82) is 0 Å². The maximum absolute atomic E-state index is 12.6. The minimum atomic E-state index is -0.267.